The van der Waals surface area contributed by atoms with Crippen LogP contribution in [0.1, 0.15) is 23.5 Å². The summed E-state index contributed by atoms with van der Waals surface area (Å²) in [5.74, 6) is 0.879. The molecule has 1 N–H and O–H groups in total. The van der Waals surface area contributed by atoms with E-state index in [-0.39, 0.29) is 0 Å². The summed E-state index contributed by atoms with van der Waals surface area (Å²) < 4.78 is 0. The topological polar surface area (TPSA) is 28.2 Å². The van der Waals surface area contributed by atoms with Gasteiger partial charge in [-0.3, -0.25) is 0 Å². The van der Waals surface area contributed by atoms with E-state index >= 15 is 0 Å². The summed E-state index contributed by atoms with van der Waals surface area (Å²) in [5.41, 5.74) is 1.15. The standard InChI is InChI=1S/C13H23N3S/c1-11-10-17-13(15-11)3-6-14-9-12-4-7-16(2)8-5-12/h10,12,14H,3-9H2,1-2H3. The molecule has 1 fully saturated rings. The maximum Gasteiger partial charge on any atom is 0.0940 e. The molecule has 0 bridgehead atoms. The van der Waals surface area contributed by atoms with Gasteiger partial charge in [0.2, 0.25) is 0 Å². The van der Waals surface area contributed by atoms with Gasteiger partial charge in [-0.15, -0.1) is 11.3 Å². The van der Waals surface area contributed by atoms with E-state index in [1.807, 2.05) is 0 Å². The molecule has 0 amide bonds. The number of likely N-dealkylation sites (tertiary alicyclic amines) is 1. The number of hydrogen-bond acceptors (Lipinski definition) is 4. The molecule has 1 aliphatic rings. The van der Waals surface area contributed by atoms with E-state index in [1.165, 1.54) is 37.5 Å². The first-order valence-corrected chi connectivity index (χ1v) is 7.42. The summed E-state index contributed by atoms with van der Waals surface area (Å²) in [6, 6.07) is 0. The van der Waals surface area contributed by atoms with Crippen molar-refractivity contribution >= 4 is 11.3 Å². The van der Waals surface area contributed by atoms with E-state index < -0.39 is 0 Å². The molecule has 1 aromatic heterocycles. The highest BCUT2D eigenvalue weighted by Crippen LogP contribution is 2.14. The molecule has 0 atom stereocenters. The van der Waals surface area contributed by atoms with Gasteiger partial charge in [-0.05, 0) is 52.4 Å². The summed E-state index contributed by atoms with van der Waals surface area (Å²) in [7, 11) is 2.22. The van der Waals surface area contributed by atoms with Crippen molar-refractivity contribution in [1.82, 2.24) is 15.2 Å². The van der Waals surface area contributed by atoms with Crippen molar-refractivity contribution in [2.24, 2.45) is 5.92 Å². The summed E-state index contributed by atoms with van der Waals surface area (Å²) in [6.07, 6.45) is 3.77. The molecule has 0 radical (unpaired) electrons. The number of hydrogen-bond donors (Lipinski definition) is 1. The van der Waals surface area contributed by atoms with Gasteiger partial charge >= 0.3 is 0 Å². The normalized spacial score (nSPS) is 18.7. The zero-order chi connectivity index (χ0) is 12.1. The fourth-order valence-corrected chi connectivity index (χ4v) is 3.06. The van der Waals surface area contributed by atoms with Crippen LogP contribution in [-0.4, -0.2) is 43.1 Å². The van der Waals surface area contributed by atoms with E-state index in [2.05, 4.69) is 34.6 Å². The first-order valence-electron chi connectivity index (χ1n) is 6.54. The van der Waals surface area contributed by atoms with Crippen LogP contribution in [0.4, 0.5) is 0 Å². The third kappa shape index (κ3) is 4.37. The molecule has 0 unspecified atom stereocenters. The molecule has 3 nitrogen and oxygen atoms in total. The van der Waals surface area contributed by atoms with Crippen molar-refractivity contribution in [1.29, 1.82) is 0 Å². The fraction of sp³-hybridized carbons (Fsp3) is 0.769. The van der Waals surface area contributed by atoms with E-state index in [9.17, 15) is 0 Å². The monoisotopic (exact) mass is 253 g/mol. The van der Waals surface area contributed by atoms with Gasteiger partial charge in [0.1, 0.15) is 0 Å². The Morgan fingerprint density at radius 2 is 2.24 bits per heavy atom. The number of aromatic nitrogens is 1. The molecule has 0 aromatic carbocycles. The van der Waals surface area contributed by atoms with Crippen LogP contribution in [0.5, 0.6) is 0 Å². The van der Waals surface area contributed by atoms with Crippen LogP contribution < -0.4 is 5.32 Å². The first kappa shape index (κ1) is 13.0. The van der Waals surface area contributed by atoms with Crippen LogP contribution in [0.3, 0.4) is 0 Å². The highest BCUT2D eigenvalue weighted by molar-refractivity contribution is 7.09. The summed E-state index contributed by atoms with van der Waals surface area (Å²) in [5, 5.41) is 6.97. The zero-order valence-corrected chi connectivity index (χ0v) is 11.7. The molecule has 4 heteroatoms. The van der Waals surface area contributed by atoms with Crippen molar-refractivity contribution in [3.63, 3.8) is 0 Å². The number of nitrogens with one attached hydrogen (secondary N) is 1. The Bertz CT molecular complexity index is 329. The second-order valence-electron chi connectivity index (χ2n) is 5.08. The molecule has 0 saturated carbocycles. The Labute approximate surface area is 108 Å². The average molecular weight is 253 g/mol. The maximum absolute atomic E-state index is 4.48. The predicted octanol–water partition coefficient (Wildman–Crippen LogP) is 1.93. The highest BCUT2D eigenvalue weighted by Gasteiger charge is 2.15. The molecule has 0 spiro atoms. The largest absolute Gasteiger partial charge is 0.316 e. The van der Waals surface area contributed by atoms with Gasteiger partial charge in [0.05, 0.1) is 5.01 Å². The van der Waals surface area contributed by atoms with Gasteiger partial charge in [0, 0.05) is 24.0 Å². The van der Waals surface area contributed by atoms with E-state index in [0.717, 1.165) is 24.6 Å². The minimum absolute atomic E-state index is 0.879. The van der Waals surface area contributed by atoms with Crippen molar-refractivity contribution in [2.75, 3.05) is 33.2 Å². The van der Waals surface area contributed by atoms with Gasteiger partial charge < -0.3 is 10.2 Å². The predicted molar refractivity (Wildman–Crippen MR) is 73.6 cm³/mol. The van der Waals surface area contributed by atoms with E-state index in [1.54, 1.807) is 11.3 Å². The van der Waals surface area contributed by atoms with Crippen molar-refractivity contribution in [3.05, 3.63) is 16.1 Å². The van der Waals surface area contributed by atoms with E-state index in [4.69, 9.17) is 0 Å². The quantitative estimate of drug-likeness (QED) is 0.813. The van der Waals surface area contributed by atoms with Gasteiger partial charge in [-0.25, -0.2) is 4.98 Å². The number of aryl methyl sites for hydroxylation is 1. The van der Waals surface area contributed by atoms with Crippen molar-refractivity contribution in [2.45, 2.75) is 26.2 Å². The zero-order valence-electron chi connectivity index (χ0n) is 10.9. The SMILES string of the molecule is Cc1csc(CCNCC2CCN(C)CC2)n1. The minimum Gasteiger partial charge on any atom is -0.316 e. The second kappa shape index (κ2) is 6.47. The van der Waals surface area contributed by atoms with Gasteiger partial charge in [-0.2, -0.15) is 0 Å². The Morgan fingerprint density at radius 1 is 1.47 bits per heavy atom. The molecule has 0 aliphatic carbocycles. The number of nitrogens with zero attached hydrogens (tertiary/aromatic N) is 2. The first-order chi connectivity index (χ1) is 8.24. The van der Waals surface area contributed by atoms with Gasteiger partial charge in [0.15, 0.2) is 0 Å². The molecule has 1 saturated heterocycles. The lowest BCUT2D eigenvalue weighted by atomic mass is 9.97. The van der Waals surface area contributed by atoms with Crippen LogP contribution in [0, 0.1) is 12.8 Å². The Hall–Kier alpha value is -0.450. The Morgan fingerprint density at radius 3 is 2.88 bits per heavy atom. The van der Waals surface area contributed by atoms with Crippen LogP contribution in [-0.2, 0) is 6.42 Å². The fourth-order valence-electron chi connectivity index (χ4n) is 2.29. The molecule has 17 heavy (non-hydrogen) atoms. The Kier molecular flexibility index (Phi) is 4.95. The van der Waals surface area contributed by atoms with Crippen LogP contribution in [0.2, 0.25) is 0 Å². The third-order valence-electron chi connectivity index (χ3n) is 3.45. The van der Waals surface area contributed by atoms with Crippen LogP contribution in [0.15, 0.2) is 5.38 Å². The maximum atomic E-state index is 4.48. The number of rotatable bonds is 5. The van der Waals surface area contributed by atoms with Crippen LogP contribution in [0.25, 0.3) is 0 Å². The number of thiazole rings is 1. The molecule has 2 heterocycles. The van der Waals surface area contributed by atoms with Crippen molar-refractivity contribution < 1.29 is 0 Å². The minimum atomic E-state index is 0.879. The molecule has 2 rings (SSSR count). The second-order valence-corrected chi connectivity index (χ2v) is 6.03. The molecule has 1 aromatic rings. The highest BCUT2D eigenvalue weighted by atomic mass is 32.1. The van der Waals surface area contributed by atoms with Gasteiger partial charge in [-0.1, -0.05) is 0 Å². The summed E-state index contributed by atoms with van der Waals surface area (Å²) in [4.78, 5) is 6.90. The van der Waals surface area contributed by atoms with Crippen molar-refractivity contribution in [3.8, 4) is 0 Å². The lowest BCUT2D eigenvalue weighted by Crippen LogP contribution is -2.35. The summed E-state index contributed by atoms with van der Waals surface area (Å²) >= 11 is 1.78. The number of piperidine rings is 1. The molecule has 1 aliphatic heterocycles. The Balaban J connectivity index is 1.57. The smallest absolute Gasteiger partial charge is 0.0940 e. The molecular weight excluding hydrogens is 230 g/mol. The van der Waals surface area contributed by atoms with Gasteiger partial charge in [0.25, 0.3) is 0 Å². The lowest BCUT2D eigenvalue weighted by Gasteiger charge is -2.29. The average Bonchev–Trinajstić information content (AvgIpc) is 2.73. The molecule has 96 valence electrons. The lowest BCUT2D eigenvalue weighted by molar-refractivity contribution is 0.216. The molecular formula is C13H23N3S. The van der Waals surface area contributed by atoms with E-state index in [0.29, 0.717) is 0 Å². The summed E-state index contributed by atoms with van der Waals surface area (Å²) in [6.45, 7) is 6.83. The van der Waals surface area contributed by atoms with Crippen LogP contribution >= 0.6 is 11.3 Å². The third-order valence-corrected chi connectivity index (χ3v) is 4.48.